The van der Waals surface area contributed by atoms with E-state index in [1.165, 1.54) is 23.6 Å². The van der Waals surface area contributed by atoms with Gasteiger partial charge in [0.25, 0.3) is 5.91 Å². The smallest absolute Gasteiger partial charge is 0.339 e. The van der Waals surface area contributed by atoms with Crippen LogP contribution < -0.4 is 5.32 Å². The first-order chi connectivity index (χ1) is 12.4. The Hall–Kier alpha value is -2.41. The molecule has 0 aliphatic rings. The molecule has 1 amide bonds. The van der Waals surface area contributed by atoms with E-state index in [-0.39, 0.29) is 16.8 Å². The number of benzene rings is 2. The first-order valence-electron chi connectivity index (χ1n) is 7.24. The van der Waals surface area contributed by atoms with Crippen LogP contribution in [0, 0.1) is 5.82 Å². The van der Waals surface area contributed by atoms with Crippen molar-refractivity contribution in [3.63, 3.8) is 0 Å². The Kier molecular flexibility index (Phi) is 5.27. The number of thiophene rings is 1. The average molecular weight is 410 g/mol. The van der Waals surface area contributed by atoms with Gasteiger partial charge in [0.2, 0.25) is 0 Å². The van der Waals surface area contributed by atoms with E-state index < -0.39 is 17.7 Å². The molecule has 132 valence electrons. The fourth-order valence-corrected chi connectivity index (χ4v) is 3.62. The number of carbonyl (C=O) groups is 2. The molecular weight excluding hydrogens is 400 g/mol. The van der Waals surface area contributed by atoms with E-state index in [9.17, 15) is 19.1 Å². The highest BCUT2D eigenvalue weighted by molar-refractivity contribution is 7.14. The van der Waals surface area contributed by atoms with Crippen LogP contribution in [-0.2, 0) is 0 Å². The minimum Gasteiger partial charge on any atom is -0.478 e. The summed E-state index contributed by atoms with van der Waals surface area (Å²) in [6, 6.07) is 9.89. The first-order valence-corrected chi connectivity index (χ1v) is 8.87. The van der Waals surface area contributed by atoms with Gasteiger partial charge < -0.3 is 10.4 Å². The van der Waals surface area contributed by atoms with Crippen molar-refractivity contribution in [1.29, 1.82) is 0 Å². The van der Waals surface area contributed by atoms with Crippen molar-refractivity contribution in [2.24, 2.45) is 0 Å². The Morgan fingerprint density at radius 2 is 1.85 bits per heavy atom. The molecule has 8 heteroatoms. The molecule has 0 saturated carbocycles. The van der Waals surface area contributed by atoms with Gasteiger partial charge in [-0.3, -0.25) is 4.79 Å². The Bertz CT molecular complexity index is 1020. The minimum absolute atomic E-state index is 0.0712. The summed E-state index contributed by atoms with van der Waals surface area (Å²) in [5.74, 6) is -2.37. The predicted octanol–water partition coefficient (Wildman–Crippen LogP) is 5.81. The van der Waals surface area contributed by atoms with Crippen molar-refractivity contribution in [3.05, 3.63) is 74.8 Å². The summed E-state index contributed by atoms with van der Waals surface area (Å²) in [4.78, 5) is 24.4. The third-order valence-corrected chi connectivity index (χ3v) is 5.29. The number of amides is 1. The Morgan fingerprint density at radius 1 is 1.08 bits per heavy atom. The molecule has 4 nitrogen and oxygen atoms in total. The monoisotopic (exact) mass is 409 g/mol. The number of anilines is 1. The van der Waals surface area contributed by atoms with Crippen molar-refractivity contribution >= 4 is 52.1 Å². The molecule has 3 rings (SSSR count). The number of carboxylic acids is 1. The number of rotatable bonds is 4. The molecule has 1 heterocycles. The highest BCUT2D eigenvalue weighted by Crippen LogP contribution is 2.38. The van der Waals surface area contributed by atoms with Crippen LogP contribution in [0.25, 0.3) is 10.4 Å². The lowest BCUT2D eigenvalue weighted by Crippen LogP contribution is -2.14. The topological polar surface area (TPSA) is 66.4 Å². The summed E-state index contributed by atoms with van der Waals surface area (Å²) < 4.78 is 13.3. The van der Waals surface area contributed by atoms with Crippen molar-refractivity contribution in [2.45, 2.75) is 0 Å². The summed E-state index contributed by atoms with van der Waals surface area (Å²) in [6.07, 6.45) is 0. The molecule has 26 heavy (non-hydrogen) atoms. The van der Waals surface area contributed by atoms with Crippen LogP contribution >= 0.6 is 34.5 Å². The van der Waals surface area contributed by atoms with Crippen LogP contribution in [-0.4, -0.2) is 17.0 Å². The average Bonchev–Trinajstić information content (AvgIpc) is 3.01. The number of halogens is 3. The van der Waals surface area contributed by atoms with E-state index in [0.29, 0.717) is 20.5 Å². The second kappa shape index (κ2) is 7.45. The maximum atomic E-state index is 13.3. The third kappa shape index (κ3) is 3.72. The summed E-state index contributed by atoms with van der Waals surface area (Å²) in [7, 11) is 0. The standard InChI is InChI=1S/C18H10Cl2FNO3S/c19-12-5-4-9(7-13(12)20)16-15(18(24)25)14(8-26-16)22-17(23)10-2-1-3-11(21)6-10/h1-8H,(H,22,23)(H,24,25). The zero-order chi connectivity index (χ0) is 18.8. The molecule has 2 N–H and O–H groups in total. The van der Waals surface area contributed by atoms with Crippen LogP contribution in [0.15, 0.2) is 47.8 Å². The number of carboxylic acid groups (broad SMARTS) is 1. The molecular formula is C18H10Cl2FNO3S. The van der Waals surface area contributed by atoms with E-state index in [4.69, 9.17) is 23.2 Å². The Morgan fingerprint density at radius 3 is 2.50 bits per heavy atom. The quantitative estimate of drug-likeness (QED) is 0.570. The van der Waals surface area contributed by atoms with E-state index >= 15 is 0 Å². The predicted molar refractivity (Wildman–Crippen MR) is 101 cm³/mol. The Balaban J connectivity index is 1.98. The van der Waals surface area contributed by atoms with Gasteiger partial charge in [-0.25, -0.2) is 9.18 Å². The SMILES string of the molecule is O=C(Nc1csc(-c2ccc(Cl)c(Cl)c2)c1C(=O)O)c1cccc(F)c1. The van der Waals surface area contributed by atoms with E-state index in [2.05, 4.69) is 5.32 Å². The van der Waals surface area contributed by atoms with Crippen LogP contribution in [0.2, 0.25) is 10.0 Å². The van der Waals surface area contributed by atoms with Gasteiger partial charge in [-0.05, 0) is 35.9 Å². The molecule has 0 saturated heterocycles. The second-order valence-electron chi connectivity index (χ2n) is 5.25. The van der Waals surface area contributed by atoms with Crippen molar-refractivity contribution in [3.8, 4) is 10.4 Å². The van der Waals surface area contributed by atoms with Crippen molar-refractivity contribution in [2.75, 3.05) is 5.32 Å². The molecule has 0 fully saturated rings. The van der Waals surface area contributed by atoms with Gasteiger partial charge in [0, 0.05) is 10.9 Å². The highest BCUT2D eigenvalue weighted by Gasteiger charge is 2.22. The molecule has 0 unspecified atom stereocenters. The molecule has 0 aliphatic carbocycles. The molecule has 0 radical (unpaired) electrons. The fraction of sp³-hybridized carbons (Fsp3) is 0. The maximum Gasteiger partial charge on any atom is 0.339 e. The lowest BCUT2D eigenvalue weighted by atomic mass is 10.1. The van der Waals surface area contributed by atoms with Crippen LogP contribution in [0.4, 0.5) is 10.1 Å². The summed E-state index contributed by atoms with van der Waals surface area (Å²) >= 11 is 13.0. The lowest BCUT2D eigenvalue weighted by Gasteiger charge is -2.07. The van der Waals surface area contributed by atoms with Crippen molar-refractivity contribution < 1.29 is 19.1 Å². The lowest BCUT2D eigenvalue weighted by molar-refractivity contribution is 0.0699. The van der Waals surface area contributed by atoms with Crippen molar-refractivity contribution in [1.82, 2.24) is 0 Å². The summed E-state index contributed by atoms with van der Waals surface area (Å²) in [5.41, 5.74) is 0.702. The van der Waals surface area contributed by atoms with Crippen LogP contribution in [0.3, 0.4) is 0 Å². The van der Waals surface area contributed by atoms with Gasteiger partial charge in [0.1, 0.15) is 11.4 Å². The van der Waals surface area contributed by atoms with E-state index in [0.717, 1.165) is 17.4 Å². The molecule has 0 atom stereocenters. The number of hydrogen-bond donors (Lipinski definition) is 2. The fourth-order valence-electron chi connectivity index (χ4n) is 2.34. The van der Waals surface area contributed by atoms with Gasteiger partial charge >= 0.3 is 5.97 Å². The van der Waals surface area contributed by atoms with E-state index in [1.54, 1.807) is 18.2 Å². The molecule has 3 aromatic rings. The summed E-state index contributed by atoms with van der Waals surface area (Å²) in [5, 5.41) is 14.3. The van der Waals surface area contributed by atoms with Gasteiger partial charge in [-0.15, -0.1) is 11.3 Å². The second-order valence-corrected chi connectivity index (χ2v) is 6.95. The normalized spacial score (nSPS) is 10.6. The summed E-state index contributed by atoms with van der Waals surface area (Å²) in [6.45, 7) is 0. The first kappa shape index (κ1) is 18.4. The third-order valence-electron chi connectivity index (χ3n) is 3.52. The largest absolute Gasteiger partial charge is 0.478 e. The minimum atomic E-state index is -1.21. The van der Waals surface area contributed by atoms with Gasteiger partial charge in [0.15, 0.2) is 0 Å². The number of aromatic carboxylic acids is 1. The zero-order valence-corrected chi connectivity index (χ0v) is 15.3. The van der Waals surface area contributed by atoms with E-state index in [1.807, 2.05) is 0 Å². The molecule has 1 aromatic heterocycles. The molecule has 0 bridgehead atoms. The highest BCUT2D eigenvalue weighted by atomic mass is 35.5. The molecule has 2 aromatic carbocycles. The van der Waals surface area contributed by atoms with Gasteiger partial charge in [-0.2, -0.15) is 0 Å². The maximum absolute atomic E-state index is 13.3. The van der Waals surface area contributed by atoms with Crippen LogP contribution in [0.1, 0.15) is 20.7 Å². The van der Waals surface area contributed by atoms with Crippen LogP contribution in [0.5, 0.6) is 0 Å². The zero-order valence-electron chi connectivity index (χ0n) is 12.9. The molecule has 0 spiro atoms. The Labute approximate surface area is 161 Å². The van der Waals surface area contributed by atoms with Gasteiger partial charge in [-0.1, -0.05) is 35.3 Å². The number of hydrogen-bond acceptors (Lipinski definition) is 3. The number of nitrogens with one attached hydrogen (secondary N) is 1. The van der Waals surface area contributed by atoms with Gasteiger partial charge in [0.05, 0.1) is 20.6 Å². The number of carbonyl (C=O) groups excluding carboxylic acids is 1. The molecule has 0 aliphatic heterocycles.